The van der Waals surface area contributed by atoms with Gasteiger partial charge in [-0.15, -0.1) is 0 Å². The van der Waals surface area contributed by atoms with Gasteiger partial charge >= 0.3 is 0 Å². The van der Waals surface area contributed by atoms with Gasteiger partial charge < -0.3 is 20.4 Å². The molecule has 1 aromatic rings. The van der Waals surface area contributed by atoms with Crippen LogP contribution in [0, 0.1) is 0 Å². The van der Waals surface area contributed by atoms with Crippen molar-refractivity contribution in [3.8, 4) is 0 Å². The molecule has 1 aliphatic heterocycles. The Kier molecular flexibility index (Phi) is 4.98. The number of rotatable bonds is 4. The number of nitrogens with two attached hydrogens (primary N) is 1. The highest BCUT2D eigenvalue weighted by Gasteiger charge is 2.20. The predicted octanol–water partition coefficient (Wildman–Crippen LogP) is 0.356. The fourth-order valence-electron chi connectivity index (χ4n) is 2.34. The van der Waals surface area contributed by atoms with Crippen LogP contribution in [0.25, 0.3) is 0 Å². The molecule has 0 spiro atoms. The van der Waals surface area contributed by atoms with Crippen LogP contribution in [0.3, 0.4) is 0 Å². The van der Waals surface area contributed by atoms with E-state index in [1.54, 1.807) is 0 Å². The number of hydrogen-bond acceptors (Lipinski definition) is 4. The molecule has 5 heteroatoms. The fourth-order valence-corrected chi connectivity index (χ4v) is 2.34. The van der Waals surface area contributed by atoms with E-state index < -0.39 is 0 Å². The number of amides is 1. The molecular weight excluding hydrogens is 252 g/mol. The van der Waals surface area contributed by atoms with Gasteiger partial charge in [-0.3, -0.25) is 4.79 Å². The molecule has 2 N–H and O–H groups in total. The minimum Gasteiger partial charge on any atom is -0.365 e. The molecule has 0 atom stereocenters. The van der Waals surface area contributed by atoms with Crippen molar-refractivity contribution in [2.75, 3.05) is 51.7 Å². The van der Waals surface area contributed by atoms with Crippen LogP contribution < -0.4 is 10.6 Å². The van der Waals surface area contributed by atoms with Crippen LogP contribution in [0.15, 0.2) is 24.3 Å². The van der Waals surface area contributed by atoms with Gasteiger partial charge in [-0.25, -0.2) is 0 Å². The third kappa shape index (κ3) is 3.71. The van der Waals surface area contributed by atoms with Gasteiger partial charge in [-0.2, -0.15) is 0 Å². The Bertz CT molecular complexity index is 438. The molecule has 1 aliphatic rings. The average Bonchev–Trinajstić information content (AvgIpc) is 2.48. The molecule has 0 unspecified atom stereocenters. The summed E-state index contributed by atoms with van der Waals surface area (Å²) in [4.78, 5) is 18.4. The van der Waals surface area contributed by atoms with E-state index in [0.29, 0.717) is 13.1 Å². The lowest BCUT2D eigenvalue weighted by Crippen LogP contribution is -2.49. The summed E-state index contributed by atoms with van der Waals surface area (Å²) in [6, 6.07) is 8.04. The second-order valence-electron chi connectivity index (χ2n) is 5.41. The van der Waals surface area contributed by atoms with E-state index in [-0.39, 0.29) is 5.91 Å². The molecule has 5 nitrogen and oxygen atoms in total. The summed E-state index contributed by atoms with van der Waals surface area (Å²) in [7, 11) is 4.04. The van der Waals surface area contributed by atoms with Crippen LogP contribution in [-0.4, -0.2) is 62.5 Å². The summed E-state index contributed by atoms with van der Waals surface area (Å²) >= 11 is 0. The molecule has 0 bridgehead atoms. The van der Waals surface area contributed by atoms with Gasteiger partial charge in [-0.1, -0.05) is 12.1 Å². The first-order valence-electron chi connectivity index (χ1n) is 7.06. The van der Waals surface area contributed by atoms with Crippen molar-refractivity contribution in [3.05, 3.63) is 29.8 Å². The van der Waals surface area contributed by atoms with Crippen molar-refractivity contribution >= 4 is 11.6 Å². The van der Waals surface area contributed by atoms with Gasteiger partial charge in [0.2, 0.25) is 5.91 Å². The summed E-state index contributed by atoms with van der Waals surface area (Å²) in [5, 5.41) is 0. The van der Waals surface area contributed by atoms with Crippen molar-refractivity contribution < 1.29 is 4.79 Å². The number of benzene rings is 1. The summed E-state index contributed by atoms with van der Waals surface area (Å²) in [5.74, 6) is 0.198. The van der Waals surface area contributed by atoms with E-state index in [1.165, 1.54) is 0 Å². The lowest BCUT2D eigenvalue weighted by Gasteiger charge is -2.33. The van der Waals surface area contributed by atoms with Crippen LogP contribution in [0.4, 0.5) is 5.69 Å². The molecule has 0 aliphatic carbocycles. The fraction of sp³-hybridized carbons (Fsp3) is 0.533. The number of nitrogens with zero attached hydrogens (tertiary/aromatic N) is 3. The third-order valence-electron chi connectivity index (χ3n) is 3.84. The van der Waals surface area contributed by atoms with E-state index >= 15 is 0 Å². The zero-order valence-corrected chi connectivity index (χ0v) is 12.4. The van der Waals surface area contributed by atoms with E-state index in [1.807, 2.05) is 41.1 Å². The molecule has 1 heterocycles. The monoisotopic (exact) mass is 276 g/mol. The molecule has 1 saturated heterocycles. The number of likely N-dealkylation sites (N-methyl/N-ethyl adjacent to an activating group) is 2. The molecule has 0 aromatic heterocycles. The number of carbonyl (C=O) groups is 1. The Morgan fingerprint density at radius 2 is 1.80 bits per heavy atom. The second kappa shape index (κ2) is 6.72. The lowest BCUT2D eigenvalue weighted by molar-refractivity contribution is -0.131. The molecule has 110 valence electrons. The van der Waals surface area contributed by atoms with Crippen molar-refractivity contribution in [1.82, 2.24) is 9.80 Å². The zero-order valence-electron chi connectivity index (χ0n) is 12.4. The maximum Gasteiger partial charge on any atom is 0.242 e. The van der Waals surface area contributed by atoms with Gasteiger partial charge in [0.05, 0.1) is 6.54 Å². The lowest BCUT2D eigenvalue weighted by atomic mass is 10.2. The Hall–Kier alpha value is -1.59. The van der Waals surface area contributed by atoms with Crippen LogP contribution in [-0.2, 0) is 11.3 Å². The van der Waals surface area contributed by atoms with Crippen molar-refractivity contribution in [2.45, 2.75) is 6.54 Å². The first-order chi connectivity index (χ1) is 9.60. The van der Waals surface area contributed by atoms with E-state index in [2.05, 4.69) is 11.9 Å². The molecule has 1 amide bonds. The molecule has 20 heavy (non-hydrogen) atoms. The maximum absolute atomic E-state index is 12.3. The molecule has 2 rings (SSSR count). The number of carbonyl (C=O) groups excluding carboxylic acids is 1. The predicted molar refractivity (Wildman–Crippen MR) is 81.7 cm³/mol. The SMILES string of the molecule is CN1CCN(C(=O)CN(C)c2ccc(CN)cc2)CC1. The smallest absolute Gasteiger partial charge is 0.242 e. The van der Waals surface area contributed by atoms with Crippen molar-refractivity contribution in [1.29, 1.82) is 0 Å². The highest BCUT2D eigenvalue weighted by molar-refractivity contribution is 5.81. The quantitative estimate of drug-likeness (QED) is 0.862. The van der Waals surface area contributed by atoms with E-state index in [0.717, 1.165) is 37.4 Å². The molecular formula is C15H24N4O. The van der Waals surface area contributed by atoms with Gasteiger partial charge in [0.1, 0.15) is 0 Å². The second-order valence-corrected chi connectivity index (χ2v) is 5.41. The first-order valence-corrected chi connectivity index (χ1v) is 7.06. The maximum atomic E-state index is 12.3. The summed E-state index contributed by atoms with van der Waals surface area (Å²) in [5.41, 5.74) is 7.74. The zero-order chi connectivity index (χ0) is 14.5. The number of piperazine rings is 1. The van der Waals surface area contributed by atoms with E-state index in [9.17, 15) is 4.79 Å². The summed E-state index contributed by atoms with van der Waals surface area (Å²) in [6.07, 6.45) is 0. The summed E-state index contributed by atoms with van der Waals surface area (Å²) in [6.45, 7) is 4.54. The average molecular weight is 276 g/mol. The van der Waals surface area contributed by atoms with Crippen molar-refractivity contribution in [3.63, 3.8) is 0 Å². The minimum absolute atomic E-state index is 0.198. The Morgan fingerprint density at radius 1 is 1.20 bits per heavy atom. The Labute approximate surface area is 120 Å². The normalized spacial score (nSPS) is 16.2. The highest BCUT2D eigenvalue weighted by Crippen LogP contribution is 2.14. The number of anilines is 1. The molecule has 0 radical (unpaired) electrons. The Morgan fingerprint density at radius 3 is 2.35 bits per heavy atom. The van der Waals surface area contributed by atoms with Crippen LogP contribution in [0.5, 0.6) is 0 Å². The van der Waals surface area contributed by atoms with Crippen LogP contribution in [0.1, 0.15) is 5.56 Å². The molecule has 1 aromatic carbocycles. The van der Waals surface area contributed by atoms with Crippen LogP contribution in [0.2, 0.25) is 0 Å². The summed E-state index contributed by atoms with van der Waals surface area (Å²) < 4.78 is 0. The van der Waals surface area contributed by atoms with Crippen LogP contribution >= 0.6 is 0 Å². The number of hydrogen-bond donors (Lipinski definition) is 1. The first kappa shape index (κ1) is 14.8. The largest absolute Gasteiger partial charge is 0.365 e. The van der Waals surface area contributed by atoms with Gasteiger partial charge in [-0.05, 0) is 24.7 Å². The standard InChI is InChI=1S/C15H24N4O/c1-17-7-9-19(10-8-17)15(20)12-18(2)14-5-3-13(11-16)4-6-14/h3-6H,7-12,16H2,1-2H3. The van der Waals surface area contributed by atoms with Gasteiger partial charge in [0.15, 0.2) is 0 Å². The minimum atomic E-state index is 0.198. The van der Waals surface area contributed by atoms with Crippen molar-refractivity contribution in [2.24, 2.45) is 5.73 Å². The van der Waals surface area contributed by atoms with Gasteiger partial charge in [0, 0.05) is 45.5 Å². The third-order valence-corrected chi connectivity index (χ3v) is 3.84. The van der Waals surface area contributed by atoms with Gasteiger partial charge in [0.25, 0.3) is 0 Å². The Balaban J connectivity index is 1.89. The highest BCUT2D eigenvalue weighted by atomic mass is 16.2. The molecule has 1 fully saturated rings. The molecule has 0 saturated carbocycles. The topological polar surface area (TPSA) is 52.8 Å². The van der Waals surface area contributed by atoms with E-state index in [4.69, 9.17) is 5.73 Å².